The van der Waals surface area contributed by atoms with Crippen molar-refractivity contribution in [2.24, 2.45) is 5.92 Å². The van der Waals surface area contributed by atoms with Crippen LogP contribution in [0.15, 0.2) is 53.9 Å². The standard InChI is InChI=1S/C22H27N5O2S/c1-16(2)14-24-21(28)19-7-5-4-6-18(19)15-30-22-26-25-20(27(22)12-13-29-3)17-8-10-23-11-9-17/h4-11,16H,12-15H2,1-3H3,(H,24,28). The van der Waals surface area contributed by atoms with Gasteiger partial charge in [-0.25, -0.2) is 0 Å². The third kappa shape index (κ3) is 5.67. The molecule has 0 fully saturated rings. The van der Waals surface area contributed by atoms with Crippen LogP contribution in [0.4, 0.5) is 0 Å². The van der Waals surface area contributed by atoms with Crippen molar-refractivity contribution in [3.63, 3.8) is 0 Å². The average molecular weight is 426 g/mol. The minimum atomic E-state index is -0.0433. The van der Waals surface area contributed by atoms with Crippen LogP contribution in [0.1, 0.15) is 29.8 Å². The largest absolute Gasteiger partial charge is 0.383 e. The van der Waals surface area contributed by atoms with E-state index in [1.54, 1.807) is 31.3 Å². The van der Waals surface area contributed by atoms with Crippen molar-refractivity contribution in [2.45, 2.75) is 31.3 Å². The van der Waals surface area contributed by atoms with Gasteiger partial charge >= 0.3 is 0 Å². The maximum atomic E-state index is 12.6. The number of rotatable bonds is 10. The van der Waals surface area contributed by atoms with Gasteiger partial charge in [-0.1, -0.05) is 43.8 Å². The Morgan fingerprint density at radius 1 is 1.17 bits per heavy atom. The summed E-state index contributed by atoms with van der Waals surface area (Å²) in [4.78, 5) is 16.7. The van der Waals surface area contributed by atoms with E-state index in [0.717, 1.165) is 22.1 Å². The first-order valence-electron chi connectivity index (χ1n) is 9.91. The number of carbonyl (C=O) groups excluding carboxylic acids is 1. The number of aromatic nitrogens is 4. The van der Waals surface area contributed by atoms with Gasteiger partial charge in [0.15, 0.2) is 11.0 Å². The third-order valence-electron chi connectivity index (χ3n) is 4.46. The van der Waals surface area contributed by atoms with Crippen LogP contribution in [0.2, 0.25) is 0 Å². The molecule has 0 aliphatic rings. The molecule has 1 aromatic carbocycles. The minimum Gasteiger partial charge on any atom is -0.383 e. The van der Waals surface area contributed by atoms with E-state index in [1.165, 1.54) is 0 Å². The molecule has 0 saturated heterocycles. The van der Waals surface area contributed by atoms with Crippen molar-refractivity contribution in [2.75, 3.05) is 20.3 Å². The molecule has 1 N–H and O–H groups in total. The maximum Gasteiger partial charge on any atom is 0.251 e. The van der Waals surface area contributed by atoms with Crippen molar-refractivity contribution in [3.8, 4) is 11.4 Å². The Hall–Kier alpha value is -2.71. The van der Waals surface area contributed by atoms with Crippen LogP contribution in [-0.2, 0) is 17.0 Å². The summed E-state index contributed by atoms with van der Waals surface area (Å²) >= 11 is 1.56. The van der Waals surface area contributed by atoms with Gasteiger partial charge in [0.25, 0.3) is 5.91 Å². The molecule has 0 aliphatic carbocycles. The van der Waals surface area contributed by atoms with E-state index in [4.69, 9.17) is 4.74 Å². The molecular weight excluding hydrogens is 398 g/mol. The molecule has 0 atom stereocenters. The molecule has 2 aromatic heterocycles. The average Bonchev–Trinajstić information content (AvgIpc) is 3.18. The Labute approximate surface area is 181 Å². The summed E-state index contributed by atoms with van der Waals surface area (Å²) < 4.78 is 7.32. The fraction of sp³-hybridized carbons (Fsp3) is 0.364. The predicted octanol–water partition coefficient (Wildman–Crippen LogP) is 3.66. The van der Waals surface area contributed by atoms with E-state index >= 15 is 0 Å². The number of benzene rings is 1. The van der Waals surface area contributed by atoms with Gasteiger partial charge < -0.3 is 10.1 Å². The zero-order chi connectivity index (χ0) is 21.3. The topological polar surface area (TPSA) is 81.9 Å². The first-order valence-corrected chi connectivity index (χ1v) is 10.9. The van der Waals surface area contributed by atoms with Gasteiger partial charge in [0, 0.05) is 42.9 Å². The van der Waals surface area contributed by atoms with Crippen molar-refractivity contribution in [1.29, 1.82) is 0 Å². The molecule has 0 aliphatic heterocycles. The molecular formula is C22H27N5O2S. The molecule has 1 amide bonds. The van der Waals surface area contributed by atoms with Gasteiger partial charge in [0.2, 0.25) is 0 Å². The molecule has 8 heteroatoms. The SMILES string of the molecule is COCCn1c(SCc2ccccc2C(=O)NCC(C)C)nnc1-c1ccncc1. The monoisotopic (exact) mass is 425 g/mol. The van der Waals surface area contributed by atoms with Crippen LogP contribution < -0.4 is 5.32 Å². The molecule has 0 spiro atoms. The number of methoxy groups -OCH3 is 1. The summed E-state index contributed by atoms with van der Waals surface area (Å²) in [6.07, 6.45) is 3.48. The Balaban J connectivity index is 1.79. The van der Waals surface area contributed by atoms with Gasteiger partial charge in [-0.3, -0.25) is 14.3 Å². The number of ether oxygens (including phenoxy) is 1. The summed E-state index contributed by atoms with van der Waals surface area (Å²) in [6, 6.07) is 11.5. The molecule has 2 heterocycles. The molecule has 30 heavy (non-hydrogen) atoms. The fourth-order valence-corrected chi connectivity index (χ4v) is 3.86. The molecule has 3 aromatic rings. The lowest BCUT2D eigenvalue weighted by Crippen LogP contribution is -2.28. The van der Waals surface area contributed by atoms with E-state index in [-0.39, 0.29) is 5.91 Å². The second-order valence-corrected chi connectivity index (χ2v) is 8.18. The first kappa shape index (κ1) is 22.0. The molecule has 0 radical (unpaired) electrons. The highest BCUT2D eigenvalue weighted by molar-refractivity contribution is 7.98. The van der Waals surface area contributed by atoms with Crippen molar-refractivity contribution in [1.82, 2.24) is 25.1 Å². The third-order valence-corrected chi connectivity index (χ3v) is 5.48. The van der Waals surface area contributed by atoms with E-state index < -0.39 is 0 Å². The first-order chi connectivity index (χ1) is 14.6. The van der Waals surface area contributed by atoms with Crippen LogP contribution in [0.5, 0.6) is 0 Å². The molecule has 0 saturated carbocycles. The summed E-state index contributed by atoms with van der Waals surface area (Å²) in [5, 5.41) is 12.6. The zero-order valence-electron chi connectivity index (χ0n) is 17.5. The van der Waals surface area contributed by atoms with Crippen LogP contribution in [0.25, 0.3) is 11.4 Å². The number of thioether (sulfide) groups is 1. The lowest BCUT2D eigenvalue weighted by molar-refractivity contribution is 0.0948. The Kier molecular flexibility index (Phi) is 7.98. The Morgan fingerprint density at radius 2 is 1.93 bits per heavy atom. The Bertz CT molecular complexity index is 959. The smallest absolute Gasteiger partial charge is 0.251 e. The number of nitrogens with zero attached hydrogens (tertiary/aromatic N) is 4. The summed E-state index contributed by atoms with van der Waals surface area (Å²) in [7, 11) is 1.68. The van der Waals surface area contributed by atoms with Crippen molar-refractivity contribution in [3.05, 3.63) is 59.9 Å². The minimum absolute atomic E-state index is 0.0433. The Morgan fingerprint density at radius 3 is 2.67 bits per heavy atom. The maximum absolute atomic E-state index is 12.6. The number of amides is 1. The molecule has 158 valence electrons. The van der Waals surface area contributed by atoms with Gasteiger partial charge in [-0.05, 0) is 29.7 Å². The van der Waals surface area contributed by atoms with Gasteiger partial charge in [-0.15, -0.1) is 10.2 Å². The highest BCUT2D eigenvalue weighted by Gasteiger charge is 2.16. The van der Waals surface area contributed by atoms with E-state index in [2.05, 4.69) is 34.3 Å². The van der Waals surface area contributed by atoms with Crippen LogP contribution >= 0.6 is 11.8 Å². The second kappa shape index (κ2) is 10.9. The second-order valence-electron chi connectivity index (χ2n) is 7.24. The van der Waals surface area contributed by atoms with Crippen LogP contribution in [0, 0.1) is 5.92 Å². The van der Waals surface area contributed by atoms with Crippen molar-refractivity contribution >= 4 is 17.7 Å². The van der Waals surface area contributed by atoms with E-state index in [9.17, 15) is 4.79 Å². The van der Waals surface area contributed by atoms with Gasteiger partial charge in [0.1, 0.15) is 0 Å². The molecule has 3 rings (SSSR count). The number of hydrogen-bond donors (Lipinski definition) is 1. The number of hydrogen-bond acceptors (Lipinski definition) is 6. The highest BCUT2D eigenvalue weighted by Crippen LogP contribution is 2.27. The van der Waals surface area contributed by atoms with Gasteiger partial charge in [-0.2, -0.15) is 0 Å². The lowest BCUT2D eigenvalue weighted by Gasteiger charge is -2.12. The summed E-state index contributed by atoms with van der Waals surface area (Å²) in [6.45, 7) is 6.00. The highest BCUT2D eigenvalue weighted by atomic mass is 32.2. The van der Waals surface area contributed by atoms with Crippen LogP contribution in [-0.4, -0.2) is 45.9 Å². The molecule has 0 unspecified atom stereocenters. The van der Waals surface area contributed by atoms with Crippen LogP contribution in [0.3, 0.4) is 0 Å². The van der Waals surface area contributed by atoms with E-state index in [0.29, 0.717) is 36.9 Å². The molecule has 0 bridgehead atoms. The van der Waals surface area contributed by atoms with Crippen molar-refractivity contribution < 1.29 is 9.53 Å². The number of pyridine rings is 1. The quantitative estimate of drug-likeness (QED) is 0.499. The van der Waals surface area contributed by atoms with E-state index in [1.807, 2.05) is 41.0 Å². The lowest BCUT2D eigenvalue weighted by atomic mass is 10.1. The number of carbonyl (C=O) groups is 1. The fourth-order valence-electron chi connectivity index (χ4n) is 2.90. The number of nitrogens with one attached hydrogen (secondary N) is 1. The molecule has 7 nitrogen and oxygen atoms in total. The predicted molar refractivity (Wildman–Crippen MR) is 118 cm³/mol. The van der Waals surface area contributed by atoms with Gasteiger partial charge in [0.05, 0.1) is 13.2 Å². The normalized spacial score (nSPS) is 11.1. The summed E-state index contributed by atoms with van der Waals surface area (Å²) in [5.74, 6) is 1.76. The summed E-state index contributed by atoms with van der Waals surface area (Å²) in [5.41, 5.74) is 2.62. The zero-order valence-corrected chi connectivity index (χ0v) is 18.4.